The van der Waals surface area contributed by atoms with Gasteiger partial charge in [-0.1, -0.05) is 0 Å². The molecule has 2 N–H and O–H groups in total. The van der Waals surface area contributed by atoms with Gasteiger partial charge in [0.25, 0.3) is 0 Å². The van der Waals surface area contributed by atoms with Gasteiger partial charge in [-0.05, 0) is 32.2 Å². The van der Waals surface area contributed by atoms with Crippen molar-refractivity contribution in [1.29, 1.82) is 0 Å². The number of ether oxygens (including phenoxy) is 2. The van der Waals surface area contributed by atoms with E-state index >= 15 is 0 Å². The highest BCUT2D eigenvalue weighted by Gasteiger charge is 2.17. The highest BCUT2D eigenvalue weighted by Crippen LogP contribution is 2.22. The molecule has 1 rings (SSSR count). The van der Waals surface area contributed by atoms with E-state index in [9.17, 15) is 8.42 Å². The van der Waals surface area contributed by atoms with Crippen LogP contribution in [-0.2, 0) is 21.3 Å². The molecule has 0 aliphatic carbocycles. The summed E-state index contributed by atoms with van der Waals surface area (Å²) in [5, 5.41) is 2.98. The molecule has 114 valence electrons. The summed E-state index contributed by atoms with van der Waals surface area (Å²) in [4.78, 5) is 0.215. The van der Waals surface area contributed by atoms with E-state index < -0.39 is 10.0 Å². The van der Waals surface area contributed by atoms with E-state index in [0.717, 1.165) is 5.56 Å². The van der Waals surface area contributed by atoms with Gasteiger partial charge < -0.3 is 14.8 Å². The van der Waals surface area contributed by atoms with Crippen molar-refractivity contribution in [3.63, 3.8) is 0 Å². The quantitative estimate of drug-likeness (QED) is 0.740. The molecular formula is C13H22N2O4S. The molecule has 0 amide bonds. The third-order valence-electron chi connectivity index (χ3n) is 2.89. The van der Waals surface area contributed by atoms with E-state index in [2.05, 4.69) is 10.0 Å². The summed E-state index contributed by atoms with van der Waals surface area (Å²) in [5.41, 5.74) is 0.790. The molecule has 0 fully saturated rings. The van der Waals surface area contributed by atoms with Gasteiger partial charge in [0.05, 0.1) is 18.1 Å². The highest BCUT2D eigenvalue weighted by atomic mass is 32.2. The molecule has 7 heteroatoms. The molecule has 0 aliphatic rings. The number of hydrogen-bond donors (Lipinski definition) is 2. The number of rotatable bonds is 8. The second kappa shape index (κ2) is 7.58. The van der Waals surface area contributed by atoms with Crippen molar-refractivity contribution in [2.45, 2.75) is 24.5 Å². The van der Waals surface area contributed by atoms with E-state index in [-0.39, 0.29) is 17.5 Å². The Morgan fingerprint density at radius 2 is 2.00 bits per heavy atom. The molecular weight excluding hydrogens is 280 g/mol. The van der Waals surface area contributed by atoms with Gasteiger partial charge in [-0.2, -0.15) is 0 Å². The molecule has 0 heterocycles. The maximum atomic E-state index is 12.2. The van der Waals surface area contributed by atoms with Gasteiger partial charge in [0.1, 0.15) is 5.75 Å². The SMILES string of the molecule is CNCc1cc(S(=O)(=O)NCC(C)OC)ccc1OC. The fourth-order valence-corrected chi connectivity index (χ4v) is 2.81. The molecule has 1 atom stereocenters. The van der Waals surface area contributed by atoms with Crippen LogP contribution in [0.15, 0.2) is 23.1 Å². The topological polar surface area (TPSA) is 76.7 Å². The molecule has 0 spiro atoms. The number of nitrogens with one attached hydrogen (secondary N) is 2. The minimum atomic E-state index is -3.54. The second-order valence-corrected chi connectivity index (χ2v) is 6.17. The second-order valence-electron chi connectivity index (χ2n) is 4.40. The van der Waals surface area contributed by atoms with E-state index in [1.165, 1.54) is 13.2 Å². The molecule has 0 bridgehead atoms. The first kappa shape index (κ1) is 16.9. The van der Waals surface area contributed by atoms with Gasteiger partial charge in [-0.3, -0.25) is 0 Å². The van der Waals surface area contributed by atoms with E-state index in [1.54, 1.807) is 33.2 Å². The minimum absolute atomic E-state index is 0.181. The fourth-order valence-electron chi connectivity index (χ4n) is 1.64. The fraction of sp³-hybridized carbons (Fsp3) is 0.538. The van der Waals surface area contributed by atoms with E-state index in [1.807, 2.05) is 0 Å². The number of sulfonamides is 1. The van der Waals surface area contributed by atoms with Crippen LogP contribution >= 0.6 is 0 Å². The molecule has 20 heavy (non-hydrogen) atoms. The van der Waals surface area contributed by atoms with Crippen LogP contribution in [0.4, 0.5) is 0 Å². The third-order valence-corrected chi connectivity index (χ3v) is 4.31. The molecule has 1 aromatic rings. The Kier molecular flexibility index (Phi) is 6.41. The summed E-state index contributed by atoms with van der Waals surface area (Å²) in [7, 11) is 1.34. The molecule has 0 radical (unpaired) electrons. The summed E-state index contributed by atoms with van der Waals surface area (Å²) in [5.74, 6) is 0.656. The summed E-state index contributed by atoms with van der Waals surface area (Å²) < 4.78 is 37.1. The average molecular weight is 302 g/mol. The molecule has 0 aliphatic heterocycles. The monoisotopic (exact) mass is 302 g/mol. The van der Waals surface area contributed by atoms with Crippen molar-refractivity contribution in [2.24, 2.45) is 0 Å². The highest BCUT2D eigenvalue weighted by molar-refractivity contribution is 7.89. The van der Waals surface area contributed by atoms with Crippen LogP contribution in [0.5, 0.6) is 5.75 Å². The molecule has 1 aromatic carbocycles. The molecule has 0 saturated heterocycles. The Morgan fingerprint density at radius 3 is 2.55 bits per heavy atom. The van der Waals surface area contributed by atoms with Gasteiger partial charge in [0, 0.05) is 25.8 Å². The standard InChI is InChI=1S/C13H22N2O4S/c1-10(18-3)8-15-20(16,17)12-5-6-13(19-4)11(7-12)9-14-2/h5-7,10,14-15H,8-9H2,1-4H3. The van der Waals surface area contributed by atoms with Gasteiger partial charge in [-0.15, -0.1) is 0 Å². The average Bonchev–Trinajstić information content (AvgIpc) is 2.45. The smallest absolute Gasteiger partial charge is 0.240 e. The summed E-state index contributed by atoms with van der Waals surface area (Å²) in [6.45, 7) is 2.55. The van der Waals surface area contributed by atoms with Crippen molar-refractivity contribution in [1.82, 2.24) is 10.0 Å². The van der Waals surface area contributed by atoms with Crippen LogP contribution in [0.3, 0.4) is 0 Å². The Morgan fingerprint density at radius 1 is 1.30 bits per heavy atom. The lowest BCUT2D eigenvalue weighted by atomic mass is 10.2. The lowest BCUT2D eigenvalue weighted by molar-refractivity contribution is 0.122. The van der Waals surface area contributed by atoms with Crippen molar-refractivity contribution < 1.29 is 17.9 Å². The maximum Gasteiger partial charge on any atom is 0.240 e. The van der Waals surface area contributed by atoms with Crippen molar-refractivity contribution in [3.05, 3.63) is 23.8 Å². The molecule has 0 aromatic heterocycles. The third kappa shape index (κ3) is 4.45. The largest absolute Gasteiger partial charge is 0.496 e. The van der Waals surface area contributed by atoms with Crippen LogP contribution in [0.25, 0.3) is 0 Å². The first-order valence-corrected chi connectivity index (χ1v) is 7.77. The first-order chi connectivity index (χ1) is 9.44. The van der Waals surface area contributed by atoms with Crippen LogP contribution in [0.1, 0.15) is 12.5 Å². The van der Waals surface area contributed by atoms with Gasteiger partial charge in [0.15, 0.2) is 0 Å². The predicted molar refractivity (Wildman–Crippen MR) is 77.4 cm³/mol. The van der Waals surface area contributed by atoms with Gasteiger partial charge >= 0.3 is 0 Å². The van der Waals surface area contributed by atoms with Crippen molar-refractivity contribution in [2.75, 3.05) is 27.8 Å². The first-order valence-electron chi connectivity index (χ1n) is 6.28. The summed E-state index contributed by atoms with van der Waals surface area (Å²) in [6, 6.07) is 4.79. The summed E-state index contributed by atoms with van der Waals surface area (Å²) in [6.07, 6.45) is -0.181. The zero-order valence-electron chi connectivity index (χ0n) is 12.3. The molecule has 0 saturated carbocycles. The summed E-state index contributed by atoms with van der Waals surface area (Å²) >= 11 is 0. The lowest BCUT2D eigenvalue weighted by Gasteiger charge is -2.13. The Labute approximate surface area is 120 Å². The predicted octanol–water partition coefficient (Wildman–Crippen LogP) is 0.728. The zero-order valence-corrected chi connectivity index (χ0v) is 13.1. The molecule has 6 nitrogen and oxygen atoms in total. The Balaban J connectivity index is 2.97. The van der Waals surface area contributed by atoms with Crippen LogP contribution in [-0.4, -0.2) is 42.3 Å². The lowest BCUT2D eigenvalue weighted by Crippen LogP contribution is -2.31. The number of methoxy groups -OCH3 is 2. The molecule has 1 unspecified atom stereocenters. The van der Waals surface area contributed by atoms with Crippen molar-refractivity contribution in [3.8, 4) is 5.75 Å². The van der Waals surface area contributed by atoms with Crippen LogP contribution < -0.4 is 14.8 Å². The number of benzene rings is 1. The normalized spacial score (nSPS) is 13.2. The van der Waals surface area contributed by atoms with Crippen molar-refractivity contribution >= 4 is 10.0 Å². The maximum absolute atomic E-state index is 12.2. The zero-order chi connectivity index (χ0) is 15.2. The van der Waals surface area contributed by atoms with E-state index in [0.29, 0.717) is 12.3 Å². The number of hydrogen-bond acceptors (Lipinski definition) is 5. The van der Waals surface area contributed by atoms with Crippen LogP contribution in [0.2, 0.25) is 0 Å². The Hall–Kier alpha value is -1.15. The van der Waals surface area contributed by atoms with E-state index in [4.69, 9.17) is 9.47 Å². The van der Waals surface area contributed by atoms with Gasteiger partial charge in [-0.25, -0.2) is 13.1 Å². The Bertz CT molecular complexity index is 531. The minimum Gasteiger partial charge on any atom is -0.496 e. The van der Waals surface area contributed by atoms with Crippen LogP contribution in [0, 0.1) is 0 Å². The van der Waals surface area contributed by atoms with Gasteiger partial charge in [0.2, 0.25) is 10.0 Å².